The third kappa shape index (κ3) is 4.72. The van der Waals surface area contributed by atoms with Crippen molar-refractivity contribution in [2.75, 3.05) is 4.93 Å². The van der Waals surface area contributed by atoms with E-state index in [1.807, 2.05) is 4.93 Å². The summed E-state index contributed by atoms with van der Waals surface area (Å²) in [6, 6.07) is 3.50. The number of nitrogens with zero attached hydrogens (tertiary/aromatic N) is 2. The molecule has 0 saturated heterocycles. The molecule has 0 unspecified atom stereocenters. The van der Waals surface area contributed by atoms with Gasteiger partial charge in [-0.3, -0.25) is 4.98 Å². The number of pyridine rings is 1. The maximum atomic E-state index is 8.07. The zero-order valence-electron chi connectivity index (χ0n) is 6.11. The molecule has 60 valence electrons. The minimum atomic E-state index is 0.840. The van der Waals surface area contributed by atoms with Crippen LogP contribution in [0.1, 0.15) is 5.56 Å². The van der Waals surface area contributed by atoms with Crippen LogP contribution in [0.4, 0.5) is 0 Å². The molecule has 0 atom stereocenters. The van der Waals surface area contributed by atoms with Crippen LogP contribution < -0.4 is 0 Å². The first kappa shape index (κ1) is 10.3. The summed E-state index contributed by atoms with van der Waals surface area (Å²) in [4.78, 5) is 5.75. The summed E-state index contributed by atoms with van der Waals surface area (Å²) in [6.45, 7) is 0. The molecule has 1 rings (SSSR count). The Morgan fingerprint density at radius 1 is 1.45 bits per heavy atom. The second kappa shape index (κ2) is 7.46. The highest BCUT2D eigenvalue weighted by atomic mass is 127. The summed E-state index contributed by atoms with van der Waals surface area (Å²) >= 11 is 2.15. The van der Waals surface area contributed by atoms with Gasteiger partial charge in [-0.2, -0.15) is 0 Å². The lowest BCUT2D eigenvalue weighted by atomic mass is 10.3. The average Bonchev–Trinajstić information content (AvgIpc) is 2.11. The first-order chi connectivity index (χ1) is 5.43. The van der Waals surface area contributed by atoms with E-state index in [1.165, 1.54) is 6.21 Å². The minimum Gasteiger partial charge on any atom is -0.411 e. The van der Waals surface area contributed by atoms with E-state index >= 15 is 0 Å². The highest BCUT2D eigenvalue weighted by Crippen LogP contribution is 1.89. The zero-order valence-corrected chi connectivity index (χ0v) is 8.26. The number of aromatic nitrogens is 1. The molecule has 11 heavy (non-hydrogen) atoms. The minimum absolute atomic E-state index is 0.840. The van der Waals surface area contributed by atoms with Gasteiger partial charge in [0.2, 0.25) is 0 Å². The lowest BCUT2D eigenvalue weighted by Gasteiger charge is -1.84. The van der Waals surface area contributed by atoms with Crippen molar-refractivity contribution >= 4 is 28.8 Å². The van der Waals surface area contributed by atoms with Crippen molar-refractivity contribution in [3.63, 3.8) is 0 Å². The molecule has 0 aromatic carbocycles. The van der Waals surface area contributed by atoms with Gasteiger partial charge in [-0.15, -0.1) is 0 Å². The molecular weight excluding hydrogens is 255 g/mol. The summed E-state index contributed by atoms with van der Waals surface area (Å²) < 4.78 is 0. The lowest BCUT2D eigenvalue weighted by molar-refractivity contribution is 0.322. The third-order valence-electron chi connectivity index (χ3n) is 0.913. The molecule has 4 heteroatoms. The topological polar surface area (TPSA) is 45.5 Å². The monoisotopic (exact) mass is 264 g/mol. The fraction of sp³-hybridized carbons (Fsp3) is 0.143. The third-order valence-corrected chi connectivity index (χ3v) is 0.913. The average molecular weight is 264 g/mol. The molecule has 1 aromatic rings. The van der Waals surface area contributed by atoms with E-state index in [2.05, 4.69) is 32.7 Å². The smallest absolute Gasteiger partial charge is 0.0734 e. The van der Waals surface area contributed by atoms with E-state index in [0.717, 1.165) is 5.56 Å². The van der Waals surface area contributed by atoms with E-state index in [1.54, 1.807) is 24.5 Å². The SMILES string of the molecule is CI.ON=Cc1ccncc1. The molecule has 0 bridgehead atoms. The summed E-state index contributed by atoms with van der Waals surface area (Å²) in [5.41, 5.74) is 0.840. The van der Waals surface area contributed by atoms with Crippen molar-refractivity contribution in [1.82, 2.24) is 4.98 Å². The van der Waals surface area contributed by atoms with Crippen LogP contribution in [0.25, 0.3) is 0 Å². The van der Waals surface area contributed by atoms with E-state index in [-0.39, 0.29) is 0 Å². The van der Waals surface area contributed by atoms with Gasteiger partial charge in [-0.1, -0.05) is 27.7 Å². The predicted molar refractivity (Wildman–Crippen MR) is 53.6 cm³/mol. The van der Waals surface area contributed by atoms with Crippen molar-refractivity contribution in [3.05, 3.63) is 30.1 Å². The normalized spacial score (nSPS) is 8.91. The molecule has 0 aliphatic rings. The number of rotatable bonds is 1. The van der Waals surface area contributed by atoms with Crippen LogP contribution in [-0.2, 0) is 0 Å². The van der Waals surface area contributed by atoms with Gasteiger partial charge < -0.3 is 5.21 Å². The Labute approximate surface area is 79.3 Å². The zero-order chi connectivity index (χ0) is 8.53. The molecule has 1 heterocycles. The Bertz CT molecular complexity index is 201. The first-order valence-corrected chi connectivity index (χ1v) is 5.04. The molecular formula is C7H9IN2O. The van der Waals surface area contributed by atoms with Gasteiger partial charge in [0.05, 0.1) is 6.21 Å². The van der Waals surface area contributed by atoms with Gasteiger partial charge in [-0.05, 0) is 22.6 Å². The number of halogens is 1. The van der Waals surface area contributed by atoms with Crippen LogP contribution in [0.15, 0.2) is 29.7 Å². The van der Waals surface area contributed by atoms with E-state index in [9.17, 15) is 0 Å². The van der Waals surface area contributed by atoms with Crippen LogP contribution in [0.5, 0.6) is 0 Å². The Morgan fingerprint density at radius 2 is 2.00 bits per heavy atom. The second-order valence-electron chi connectivity index (χ2n) is 1.53. The molecule has 3 nitrogen and oxygen atoms in total. The van der Waals surface area contributed by atoms with Gasteiger partial charge >= 0.3 is 0 Å². The number of oxime groups is 1. The summed E-state index contributed by atoms with van der Waals surface area (Å²) in [6.07, 6.45) is 4.62. The number of hydrogen-bond donors (Lipinski definition) is 1. The maximum Gasteiger partial charge on any atom is 0.0734 e. The Balaban J connectivity index is 0.000000461. The van der Waals surface area contributed by atoms with Crippen LogP contribution in [0, 0.1) is 0 Å². The highest BCUT2D eigenvalue weighted by molar-refractivity contribution is 14.1. The van der Waals surface area contributed by atoms with Crippen molar-refractivity contribution < 1.29 is 5.21 Å². The fourth-order valence-electron chi connectivity index (χ4n) is 0.516. The summed E-state index contributed by atoms with van der Waals surface area (Å²) in [5.74, 6) is 0. The number of alkyl halides is 1. The van der Waals surface area contributed by atoms with Gasteiger partial charge in [0, 0.05) is 12.4 Å². The molecule has 0 spiro atoms. The molecule has 0 aliphatic carbocycles. The summed E-state index contributed by atoms with van der Waals surface area (Å²) in [7, 11) is 0. The van der Waals surface area contributed by atoms with E-state index in [4.69, 9.17) is 5.21 Å². The number of hydrogen-bond acceptors (Lipinski definition) is 3. The van der Waals surface area contributed by atoms with E-state index < -0.39 is 0 Å². The van der Waals surface area contributed by atoms with Crippen LogP contribution in [0.3, 0.4) is 0 Å². The molecule has 0 fully saturated rings. The maximum absolute atomic E-state index is 8.07. The first-order valence-electron chi connectivity index (χ1n) is 2.89. The van der Waals surface area contributed by atoms with Crippen molar-refractivity contribution in [2.45, 2.75) is 0 Å². The van der Waals surface area contributed by atoms with Crippen molar-refractivity contribution in [2.24, 2.45) is 5.16 Å². The van der Waals surface area contributed by atoms with Gasteiger partial charge in [-0.25, -0.2) is 0 Å². The molecule has 1 aromatic heterocycles. The molecule has 1 N–H and O–H groups in total. The standard InChI is InChI=1S/C6H6N2O.CH3I/c9-8-5-6-1-3-7-4-2-6;1-2/h1-5,9H;1H3. The molecule has 0 saturated carbocycles. The summed E-state index contributed by atoms with van der Waals surface area (Å²) in [5, 5.41) is 10.9. The Morgan fingerprint density at radius 3 is 2.45 bits per heavy atom. The quantitative estimate of drug-likeness (QED) is 0.277. The Hall–Kier alpha value is -0.650. The van der Waals surface area contributed by atoms with Crippen LogP contribution in [0.2, 0.25) is 0 Å². The van der Waals surface area contributed by atoms with Crippen molar-refractivity contribution in [1.29, 1.82) is 0 Å². The Kier molecular flexibility index (Phi) is 7.02. The van der Waals surface area contributed by atoms with Crippen LogP contribution in [-0.4, -0.2) is 21.3 Å². The second-order valence-corrected chi connectivity index (χ2v) is 1.53. The molecule has 0 radical (unpaired) electrons. The van der Waals surface area contributed by atoms with Crippen molar-refractivity contribution in [3.8, 4) is 0 Å². The highest BCUT2D eigenvalue weighted by Gasteiger charge is 1.80. The molecule has 0 aliphatic heterocycles. The molecule has 0 amide bonds. The largest absolute Gasteiger partial charge is 0.411 e. The van der Waals surface area contributed by atoms with Crippen LogP contribution >= 0.6 is 22.6 Å². The predicted octanol–water partition coefficient (Wildman–Crippen LogP) is 1.94. The van der Waals surface area contributed by atoms with Gasteiger partial charge in [0.25, 0.3) is 0 Å². The van der Waals surface area contributed by atoms with Gasteiger partial charge in [0.1, 0.15) is 0 Å². The van der Waals surface area contributed by atoms with Gasteiger partial charge in [0.15, 0.2) is 0 Å². The van der Waals surface area contributed by atoms with E-state index in [0.29, 0.717) is 0 Å². The fourth-order valence-corrected chi connectivity index (χ4v) is 0.516. The lowest BCUT2D eigenvalue weighted by Crippen LogP contribution is -1.78.